The summed E-state index contributed by atoms with van der Waals surface area (Å²) in [6.07, 6.45) is 2.73. The molecule has 7 heteroatoms. The highest BCUT2D eigenvalue weighted by atomic mass is 32.1. The first kappa shape index (κ1) is 14.9. The molecule has 20 heavy (non-hydrogen) atoms. The molecule has 0 bridgehead atoms. The van der Waals surface area contributed by atoms with Crippen LogP contribution in [0.25, 0.3) is 0 Å². The number of hydrogen-bond acceptors (Lipinski definition) is 5. The van der Waals surface area contributed by atoms with Crippen LogP contribution in [0, 0.1) is 5.41 Å². The van der Waals surface area contributed by atoms with E-state index in [0.717, 1.165) is 11.4 Å². The Bertz CT molecular complexity index is 517. The van der Waals surface area contributed by atoms with Gasteiger partial charge in [-0.2, -0.15) is 0 Å². The molecule has 110 valence electrons. The van der Waals surface area contributed by atoms with Crippen LogP contribution in [0.3, 0.4) is 0 Å². The van der Waals surface area contributed by atoms with Gasteiger partial charge in [0, 0.05) is 17.8 Å². The third-order valence-electron chi connectivity index (χ3n) is 3.89. The van der Waals surface area contributed by atoms with E-state index in [1.807, 2.05) is 0 Å². The van der Waals surface area contributed by atoms with Gasteiger partial charge in [-0.05, 0) is 26.3 Å². The third kappa shape index (κ3) is 2.83. The van der Waals surface area contributed by atoms with Gasteiger partial charge in [-0.1, -0.05) is 6.42 Å². The largest absolute Gasteiger partial charge is 0.481 e. The Labute approximate surface area is 121 Å². The first-order valence-electron chi connectivity index (χ1n) is 6.66. The summed E-state index contributed by atoms with van der Waals surface area (Å²) in [6.45, 7) is 2.18. The Kier molecular flexibility index (Phi) is 4.39. The van der Waals surface area contributed by atoms with Crippen LogP contribution in [-0.4, -0.2) is 34.6 Å². The van der Waals surface area contributed by atoms with E-state index in [1.165, 1.54) is 11.3 Å². The molecule has 0 spiro atoms. The Morgan fingerprint density at radius 3 is 3.05 bits per heavy atom. The molecule has 1 aromatic rings. The summed E-state index contributed by atoms with van der Waals surface area (Å²) in [5, 5.41) is 14.6. The zero-order chi connectivity index (χ0) is 14.8. The molecular weight excluding hydrogens is 278 g/mol. The van der Waals surface area contributed by atoms with Crippen LogP contribution < -0.4 is 11.1 Å². The zero-order valence-electron chi connectivity index (χ0n) is 11.4. The van der Waals surface area contributed by atoms with Gasteiger partial charge >= 0.3 is 5.97 Å². The maximum Gasteiger partial charge on any atom is 0.311 e. The van der Waals surface area contributed by atoms with Crippen molar-refractivity contribution in [3.05, 3.63) is 16.1 Å². The lowest BCUT2D eigenvalue weighted by atomic mass is 9.85. The van der Waals surface area contributed by atoms with E-state index in [0.29, 0.717) is 31.5 Å². The number of aromatic nitrogens is 1. The third-order valence-corrected chi connectivity index (χ3v) is 4.80. The summed E-state index contributed by atoms with van der Waals surface area (Å²) in [4.78, 5) is 27.7. The molecule has 0 aliphatic heterocycles. The van der Waals surface area contributed by atoms with E-state index in [9.17, 15) is 14.7 Å². The van der Waals surface area contributed by atoms with Crippen molar-refractivity contribution in [3.63, 3.8) is 0 Å². The molecule has 0 saturated heterocycles. The summed E-state index contributed by atoms with van der Waals surface area (Å²) in [5.41, 5.74) is 4.91. The van der Waals surface area contributed by atoms with Crippen molar-refractivity contribution in [1.82, 2.24) is 10.3 Å². The number of aliphatic carboxylic acids is 1. The lowest BCUT2D eigenvalue weighted by molar-refractivity contribution is -0.148. The van der Waals surface area contributed by atoms with Gasteiger partial charge in [0.1, 0.15) is 5.69 Å². The van der Waals surface area contributed by atoms with Crippen LogP contribution in [0.1, 0.15) is 41.7 Å². The number of nitrogens with one attached hydrogen (secondary N) is 1. The van der Waals surface area contributed by atoms with Crippen molar-refractivity contribution < 1.29 is 14.7 Å². The predicted octanol–water partition coefficient (Wildman–Crippen LogP) is 1.02. The lowest BCUT2D eigenvalue weighted by Gasteiger charge is -2.27. The molecule has 1 aliphatic carbocycles. The fourth-order valence-electron chi connectivity index (χ4n) is 2.54. The normalized spacial score (nSPS) is 25.6. The van der Waals surface area contributed by atoms with Gasteiger partial charge < -0.3 is 16.2 Å². The number of hydrogen-bond donors (Lipinski definition) is 3. The summed E-state index contributed by atoms with van der Waals surface area (Å²) in [5.74, 6) is -1.16. The average molecular weight is 297 g/mol. The minimum atomic E-state index is -0.883. The molecule has 1 aliphatic rings. The van der Waals surface area contributed by atoms with E-state index >= 15 is 0 Å². The highest BCUT2D eigenvalue weighted by Gasteiger charge is 2.46. The van der Waals surface area contributed by atoms with Crippen LogP contribution >= 0.6 is 11.3 Å². The smallest absolute Gasteiger partial charge is 0.311 e. The highest BCUT2D eigenvalue weighted by Crippen LogP contribution is 2.38. The topological polar surface area (TPSA) is 105 Å². The molecule has 2 unspecified atom stereocenters. The van der Waals surface area contributed by atoms with Crippen LogP contribution in [-0.2, 0) is 11.2 Å². The van der Waals surface area contributed by atoms with Gasteiger partial charge in [-0.25, -0.2) is 4.98 Å². The van der Waals surface area contributed by atoms with Crippen molar-refractivity contribution >= 4 is 23.2 Å². The highest BCUT2D eigenvalue weighted by molar-refractivity contribution is 7.09. The number of rotatable bonds is 5. The number of nitrogens with two attached hydrogens (primary N) is 1. The molecule has 0 aromatic carbocycles. The van der Waals surface area contributed by atoms with Gasteiger partial charge in [0.15, 0.2) is 0 Å². The molecule has 2 rings (SSSR count). The van der Waals surface area contributed by atoms with Crippen LogP contribution in [0.2, 0.25) is 0 Å². The minimum absolute atomic E-state index is 0.302. The van der Waals surface area contributed by atoms with E-state index in [-0.39, 0.29) is 11.9 Å². The number of thiazole rings is 1. The van der Waals surface area contributed by atoms with Crippen molar-refractivity contribution in [2.24, 2.45) is 11.1 Å². The van der Waals surface area contributed by atoms with Crippen LogP contribution in [0.4, 0.5) is 0 Å². The second-order valence-electron chi connectivity index (χ2n) is 5.31. The molecule has 0 radical (unpaired) electrons. The second kappa shape index (κ2) is 5.88. The Balaban J connectivity index is 2.05. The van der Waals surface area contributed by atoms with Gasteiger partial charge in [0.05, 0.1) is 10.4 Å². The summed E-state index contributed by atoms with van der Waals surface area (Å²) < 4.78 is 0. The monoisotopic (exact) mass is 297 g/mol. The summed E-state index contributed by atoms with van der Waals surface area (Å²) >= 11 is 1.40. The van der Waals surface area contributed by atoms with Gasteiger partial charge in [-0.15, -0.1) is 11.3 Å². The molecule has 1 aromatic heterocycles. The molecule has 1 heterocycles. The molecule has 1 saturated carbocycles. The number of amides is 1. The van der Waals surface area contributed by atoms with Crippen LogP contribution in [0.15, 0.2) is 5.38 Å². The van der Waals surface area contributed by atoms with E-state index in [4.69, 9.17) is 5.73 Å². The number of carbonyl (C=O) groups is 2. The van der Waals surface area contributed by atoms with Gasteiger partial charge in [0.25, 0.3) is 5.91 Å². The molecule has 2 atom stereocenters. The second-order valence-corrected chi connectivity index (χ2v) is 6.25. The standard InChI is InChI=1S/C13H19N3O3S/c1-13(12(18)19)5-2-3-9(13)16-11(17)8-7-20-10(15-8)4-6-14/h7,9H,2-6,14H2,1H3,(H,16,17)(H,18,19). The first-order chi connectivity index (χ1) is 9.47. The van der Waals surface area contributed by atoms with E-state index < -0.39 is 11.4 Å². The SMILES string of the molecule is CC1(C(=O)O)CCCC1NC(=O)c1csc(CCN)n1. The average Bonchev–Trinajstić information content (AvgIpc) is 2.99. The number of carboxylic acids is 1. The van der Waals surface area contributed by atoms with E-state index in [2.05, 4.69) is 10.3 Å². The first-order valence-corrected chi connectivity index (χ1v) is 7.54. The zero-order valence-corrected chi connectivity index (χ0v) is 12.2. The van der Waals surface area contributed by atoms with Crippen molar-refractivity contribution in [1.29, 1.82) is 0 Å². The number of nitrogens with zero attached hydrogens (tertiary/aromatic N) is 1. The Morgan fingerprint density at radius 2 is 2.40 bits per heavy atom. The van der Waals surface area contributed by atoms with Crippen molar-refractivity contribution in [2.75, 3.05) is 6.54 Å². The molecule has 6 nitrogen and oxygen atoms in total. The minimum Gasteiger partial charge on any atom is -0.481 e. The fourth-order valence-corrected chi connectivity index (χ4v) is 3.33. The molecule has 1 fully saturated rings. The summed E-state index contributed by atoms with van der Waals surface area (Å²) in [6, 6.07) is -0.341. The Hall–Kier alpha value is -1.47. The fraction of sp³-hybridized carbons (Fsp3) is 0.615. The van der Waals surface area contributed by atoms with Crippen LogP contribution in [0.5, 0.6) is 0 Å². The predicted molar refractivity (Wildman–Crippen MR) is 75.7 cm³/mol. The number of carboxylic acid groups (broad SMARTS) is 1. The van der Waals surface area contributed by atoms with Crippen molar-refractivity contribution in [3.8, 4) is 0 Å². The maximum atomic E-state index is 12.1. The van der Waals surface area contributed by atoms with E-state index in [1.54, 1.807) is 12.3 Å². The molecule has 1 amide bonds. The van der Waals surface area contributed by atoms with Gasteiger partial charge in [0.2, 0.25) is 0 Å². The Morgan fingerprint density at radius 1 is 1.65 bits per heavy atom. The maximum absolute atomic E-state index is 12.1. The lowest BCUT2D eigenvalue weighted by Crippen LogP contribution is -2.47. The molecule has 4 N–H and O–H groups in total. The van der Waals surface area contributed by atoms with Crippen molar-refractivity contribution in [2.45, 2.75) is 38.6 Å². The molecular formula is C13H19N3O3S. The van der Waals surface area contributed by atoms with Gasteiger partial charge in [-0.3, -0.25) is 9.59 Å². The number of carbonyl (C=O) groups excluding carboxylic acids is 1. The quantitative estimate of drug-likeness (QED) is 0.752. The summed E-state index contributed by atoms with van der Waals surface area (Å²) in [7, 11) is 0.